The van der Waals surface area contributed by atoms with Gasteiger partial charge in [-0.05, 0) is 38.0 Å². The molecule has 1 aromatic carbocycles. The van der Waals surface area contributed by atoms with Gasteiger partial charge in [-0.15, -0.1) is 0 Å². The quantitative estimate of drug-likeness (QED) is 0.559. The van der Waals surface area contributed by atoms with Crippen LogP contribution in [0.2, 0.25) is 5.02 Å². The summed E-state index contributed by atoms with van der Waals surface area (Å²) in [5, 5.41) is 0.690. The molecule has 0 saturated carbocycles. The first-order chi connectivity index (χ1) is 11.5. The summed E-state index contributed by atoms with van der Waals surface area (Å²) in [7, 11) is 0. The first-order valence-corrected chi connectivity index (χ1v) is 8.51. The van der Waals surface area contributed by atoms with E-state index in [0.717, 1.165) is 35.4 Å². The Labute approximate surface area is 148 Å². The van der Waals surface area contributed by atoms with Gasteiger partial charge in [-0.1, -0.05) is 49.2 Å². The predicted molar refractivity (Wildman–Crippen MR) is 98.7 cm³/mol. The van der Waals surface area contributed by atoms with E-state index in [0.29, 0.717) is 5.02 Å². The van der Waals surface area contributed by atoms with Crippen molar-refractivity contribution in [3.63, 3.8) is 0 Å². The van der Waals surface area contributed by atoms with E-state index < -0.39 is 0 Å². The second-order valence-corrected chi connectivity index (χ2v) is 6.17. The number of benzene rings is 1. The van der Waals surface area contributed by atoms with E-state index in [1.807, 2.05) is 31.2 Å². The van der Waals surface area contributed by atoms with Crippen molar-refractivity contribution >= 4 is 11.6 Å². The van der Waals surface area contributed by atoms with Gasteiger partial charge in [-0.25, -0.2) is 4.39 Å². The summed E-state index contributed by atoms with van der Waals surface area (Å²) in [6, 6.07) is 7.58. The molecule has 2 nitrogen and oxygen atoms in total. The van der Waals surface area contributed by atoms with Gasteiger partial charge in [0.25, 0.3) is 0 Å². The maximum atomic E-state index is 13.5. The lowest BCUT2D eigenvalue weighted by Crippen LogP contribution is -2.03. The Hall–Kier alpha value is -2.00. The fourth-order valence-electron chi connectivity index (χ4n) is 2.61. The standard InChI is InChI=1S/C20H22ClFN2/c1-4-15(13-18(22)5-2)12-14(3)19-20(24-11-10-23-19)16-6-8-17(21)9-7-16/h5-11,13-14H,4,12H2,1-3H3. The summed E-state index contributed by atoms with van der Waals surface area (Å²) >= 11 is 5.97. The molecule has 0 saturated heterocycles. The van der Waals surface area contributed by atoms with E-state index in [4.69, 9.17) is 11.6 Å². The van der Waals surface area contributed by atoms with Crippen LogP contribution in [0.25, 0.3) is 11.3 Å². The van der Waals surface area contributed by atoms with Crippen LogP contribution in [0.3, 0.4) is 0 Å². The number of rotatable bonds is 6. The Morgan fingerprint density at radius 2 is 1.88 bits per heavy atom. The van der Waals surface area contributed by atoms with Crippen molar-refractivity contribution in [1.82, 2.24) is 9.97 Å². The summed E-state index contributed by atoms with van der Waals surface area (Å²) in [5.74, 6) is -0.0589. The van der Waals surface area contributed by atoms with Crippen molar-refractivity contribution in [2.45, 2.75) is 39.5 Å². The molecular weight excluding hydrogens is 323 g/mol. The molecule has 126 valence electrons. The van der Waals surface area contributed by atoms with E-state index in [1.54, 1.807) is 25.4 Å². The second-order valence-electron chi connectivity index (χ2n) is 5.73. The van der Waals surface area contributed by atoms with E-state index in [-0.39, 0.29) is 11.7 Å². The average molecular weight is 345 g/mol. The van der Waals surface area contributed by atoms with E-state index in [1.165, 1.54) is 6.08 Å². The Bertz CT molecular complexity index is 736. The molecule has 0 aliphatic carbocycles. The van der Waals surface area contributed by atoms with Crippen LogP contribution in [-0.2, 0) is 0 Å². The molecule has 2 aromatic rings. The number of halogens is 2. The predicted octanol–water partition coefficient (Wildman–Crippen LogP) is 6.50. The highest BCUT2D eigenvalue weighted by Crippen LogP contribution is 2.31. The minimum Gasteiger partial charge on any atom is -0.257 e. The summed E-state index contributed by atoms with van der Waals surface area (Å²) in [6.45, 7) is 5.84. The van der Waals surface area contributed by atoms with Crippen LogP contribution in [0.5, 0.6) is 0 Å². The van der Waals surface area contributed by atoms with E-state index >= 15 is 0 Å². The average Bonchev–Trinajstić information content (AvgIpc) is 2.61. The van der Waals surface area contributed by atoms with Gasteiger partial charge in [0.1, 0.15) is 5.83 Å². The monoisotopic (exact) mass is 344 g/mol. The molecular formula is C20H22ClFN2. The highest BCUT2D eigenvalue weighted by Gasteiger charge is 2.16. The van der Waals surface area contributed by atoms with Gasteiger partial charge in [-0.2, -0.15) is 0 Å². The van der Waals surface area contributed by atoms with Crippen molar-refractivity contribution in [3.05, 3.63) is 70.9 Å². The largest absolute Gasteiger partial charge is 0.257 e. The van der Waals surface area contributed by atoms with Crippen molar-refractivity contribution in [2.75, 3.05) is 0 Å². The summed E-state index contributed by atoms with van der Waals surface area (Å²) < 4.78 is 13.5. The van der Waals surface area contributed by atoms with Gasteiger partial charge in [-0.3, -0.25) is 9.97 Å². The van der Waals surface area contributed by atoms with Crippen LogP contribution in [0, 0.1) is 0 Å². The van der Waals surface area contributed by atoms with Crippen molar-refractivity contribution < 1.29 is 4.39 Å². The summed E-state index contributed by atoms with van der Waals surface area (Å²) in [5.41, 5.74) is 3.81. The molecule has 0 amide bonds. The van der Waals surface area contributed by atoms with Crippen LogP contribution < -0.4 is 0 Å². The number of allylic oxidation sites excluding steroid dienone is 4. The third-order valence-corrected chi connectivity index (χ3v) is 4.20. The zero-order chi connectivity index (χ0) is 17.5. The maximum Gasteiger partial charge on any atom is 0.118 e. The van der Waals surface area contributed by atoms with E-state index in [2.05, 4.69) is 16.9 Å². The molecule has 0 spiro atoms. The lowest BCUT2D eigenvalue weighted by Gasteiger charge is -2.16. The Morgan fingerprint density at radius 3 is 2.50 bits per heavy atom. The van der Waals surface area contributed by atoms with Crippen LogP contribution in [-0.4, -0.2) is 9.97 Å². The number of aromatic nitrogens is 2. The smallest absolute Gasteiger partial charge is 0.118 e. The van der Waals surface area contributed by atoms with Gasteiger partial charge in [0.05, 0.1) is 11.4 Å². The zero-order valence-corrected chi connectivity index (χ0v) is 15.0. The molecule has 1 unspecified atom stereocenters. The fourth-order valence-corrected chi connectivity index (χ4v) is 2.74. The van der Waals surface area contributed by atoms with Gasteiger partial charge >= 0.3 is 0 Å². The Morgan fingerprint density at radius 1 is 1.21 bits per heavy atom. The second kappa shape index (κ2) is 8.74. The molecule has 4 heteroatoms. The SMILES string of the molecule is CC=C(F)C=C(CC)CC(C)c1nccnc1-c1ccc(Cl)cc1. The minimum absolute atomic E-state index is 0.139. The lowest BCUT2D eigenvalue weighted by molar-refractivity contribution is 0.652. The van der Waals surface area contributed by atoms with Gasteiger partial charge in [0.15, 0.2) is 0 Å². The topological polar surface area (TPSA) is 25.8 Å². The molecule has 0 bridgehead atoms. The third-order valence-electron chi connectivity index (χ3n) is 3.95. The number of hydrogen-bond acceptors (Lipinski definition) is 2. The van der Waals surface area contributed by atoms with Crippen molar-refractivity contribution in [3.8, 4) is 11.3 Å². The Balaban J connectivity index is 2.31. The first kappa shape index (κ1) is 18.3. The summed E-state index contributed by atoms with van der Waals surface area (Å²) in [4.78, 5) is 9.03. The normalized spacial score (nSPS) is 13.9. The lowest BCUT2D eigenvalue weighted by atomic mass is 9.93. The number of nitrogens with zero attached hydrogens (tertiary/aromatic N) is 2. The van der Waals surface area contributed by atoms with Gasteiger partial charge in [0, 0.05) is 28.9 Å². The molecule has 0 radical (unpaired) electrons. The molecule has 24 heavy (non-hydrogen) atoms. The van der Waals surface area contributed by atoms with Crippen molar-refractivity contribution in [1.29, 1.82) is 0 Å². The summed E-state index contributed by atoms with van der Waals surface area (Å²) in [6.07, 6.45) is 8.04. The number of hydrogen-bond donors (Lipinski definition) is 0. The van der Waals surface area contributed by atoms with Crippen molar-refractivity contribution in [2.24, 2.45) is 0 Å². The van der Waals surface area contributed by atoms with Crippen LogP contribution >= 0.6 is 11.6 Å². The highest BCUT2D eigenvalue weighted by atomic mass is 35.5. The molecule has 0 aliphatic heterocycles. The molecule has 1 aromatic heterocycles. The Kier molecular flexibility index (Phi) is 6.68. The molecule has 0 aliphatic rings. The molecule has 0 N–H and O–H groups in total. The van der Waals surface area contributed by atoms with Crippen LogP contribution in [0.15, 0.2) is 60.2 Å². The molecule has 0 fully saturated rings. The fraction of sp³-hybridized carbons (Fsp3) is 0.300. The maximum absolute atomic E-state index is 13.5. The van der Waals surface area contributed by atoms with Crippen LogP contribution in [0.4, 0.5) is 4.39 Å². The zero-order valence-electron chi connectivity index (χ0n) is 14.3. The molecule has 1 heterocycles. The highest BCUT2D eigenvalue weighted by molar-refractivity contribution is 6.30. The molecule has 2 rings (SSSR count). The van der Waals surface area contributed by atoms with E-state index in [9.17, 15) is 4.39 Å². The van der Waals surface area contributed by atoms with Gasteiger partial charge < -0.3 is 0 Å². The minimum atomic E-state index is -0.198. The van der Waals surface area contributed by atoms with Crippen LogP contribution in [0.1, 0.15) is 45.2 Å². The molecule has 1 atom stereocenters. The first-order valence-electron chi connectivity index (χ1n) is 8.13. The third kappa shape index (κ3) is 4.75. The van der Waals surface area contributed by atoms with Gasteiger partial charge in [0.2, 0.25) is 0 Å².